The first-order valence-corrected chi connectivity index (χ1v) is 4.26. The van der Waals surface area contributed by atoms with E-state index in [0.717, 1.165) is 12.8 Å². The second-order valence-electron chi connectivity index (χ2n) is 3.79. The topological polar surface area (TPSA) is 72.6 Å². The highest BCUT2D eigenvalue weighted by molar-refractivity contribution is 5.78. The van der Waals surface area contributed by atoms with Gasteiger partial charge in [0.25, 0.3) is 0 Å². The normalized spacial score (nSPS) is 45.1. The summed E-state index contributed by atoms with van der Waals surface area (Å²) in [4.78, 5) is 10.9. The van der Waals surface area contributed by atoms with Crippen LogP contribution in [0.1, 0.15) is 25.7 Å². The van der Waals surface area contributed by atoms with Crippen LogP contribution < -0.4 is 5.73 Å². The van der Waals surface area contributed by atoms with Crippen molar-refractivity contribution in [1.29, 1.82) is 0 Å². The van der Waals surface area contributed by atoms with Crippen LogP contribution in [0.5, 0.6) is 0 Å². The summed E-state index contributed by atoms with van der Waals surface area (Å²) in [6.07, 6.45) is 2.85. The molecule has 4 nitrogen and oxygen atoms in total. The third kappa shape index (κ3) is 0.820. The molecular formula is C8H13NO3. The summed E-state index contributed by atoms with van der Waals surface area (Å²) in [5.41, 5.74) is 4.35. The van der Waals surface area contributed by atoms with E-state index in [9.17, 15) is 4.79 Å². The van der Waals surface area contributed by atoms with Crippen LogP contribution >= 0.6 is 0 Å². The summed E-state index contributed by atoms with van der Waals surface area (Å²) in [7, 11) is 0. The van der Waals surface area contributed by atoms with Gasteiger partial charge in [-0.25, -0.2) is 4.79 Å². The molecule has 0 aromatic heterocycles. The molecule has 2 fully saturated rings. The summed E-state index contributed by atoms with van der Waals surface area (Å²) < 4.78 is 5.53. The predicted molar refractivity (Wildman–Crippen MR) is 41.7 cm³/mol. The highest BCUT2D eigenvalue weighted by Crippen LogP contribution is 2.50. The fraction of sp³-hybridized carbons (Fsp3) is 0.875. The number of aliphatic carboxylic acids is 1. The third-order valence-corrected chi connectivity index (χ3v) is 3.14. The first-order valence-electron chi connectivity index (χ1n) is 4.26. The Balaban J connectivity index is 2.23. The van der Waals surface area contributed by atoms with Crippen molar-refractivity contribution in [2.24, 2.45) is 5.73 Å². The summed E-state index contributed by atoms with van der Waals surface area (Å²) in [5, 5.41) is 8.93. The van der Waals surface area contributed by atoms with Crippen molar-refractivity contribution in [1.82, 2.24) is 0 Å². The second kappa shape index (κ2) is 2.20. The lowest BCUT2D eigenvalue weighted by atomic mass is 9.82. The lowest BCUT2D eigenvalue weighted by Gasteiger charge is -2.20. The maximum absolute atomic E-state index is 10.9. The quantitative estimate of drug-likeness (QED) is 0.618. The average Bonchev–Trinajstić information content (AvgIpc) is 2.61. The van der Waals surface area contributed by atoms with Crippen LogP contribution in [0.15, 0.2) is 0 Å². The lowest BCUT2D eigenvalue weighted by Crippen LogP contribution is -2.36. The summed E-state index contributed by atoms with van der Waals surface area (Å²) in [6, 6.07) is 0. The number of carboxylic acid groups (broad SMARTS) is 1. The smallest absolute Gasteiger partial charge is 0.336 e. The van der Waals surface area contributed by atoms with Crippen LogP contribution in [0, 0.1) is 0 Å². The van der Waals surface area contributed by atoms with Crippen LogP contribution in [0.4, 0.5) is 0 Å². The van der Waals surface area contributed by atoms with Crippen molar-refractivity contribution < 1.29 is 14.6 Å². The maximum Gasteiger partial charge on any atom is 0.336 e. The zero-order valence-electron chi connectivity index (χ0n) is 6.88. The van der Waals surface area contributed by atoms with Gasteiger partial charge >= 0.3 is 5.97 Å². The van der Waals surface area contributed by atoms with Crippen molar-refractivity contribution in [3.8, 4) is 0 Å². The number of carbonyl (C=O) groups is 1. The van der Waals surface area contributed by atoms with Crippen LogP contribution in [-0.2, 0) is 9.53 Å². The molecular weight excluding hydrogens is 158 g/mol. The molecule has 0 spiro atoms. The number of nitrogens with two attached hydrogens (primary N) is 1. The van der Waals surface area contributed by atoms with Crippen LogP contribution in [0.3, 0.4) is 0 Å². The monoisotopic (exact) mass is 171 g/mol. The van der Waals surface area contributed by atoms with Gasteiger partial charge in [0, 0.05) is 6.54 Å². The SMILES string of the molecule is NCC12CCC(C(=O)O)(CC1)O2. The highest BCUT2D eigenvalue weighted by atomic mass is 16.6. The predicted octanol–water partition coefficient (Wildman–Crippen LogP) is 0.111. The molecule has 2 rings (SSSR count). The first-order chi connectivity index (χ1) is 5.63. The Labute approximate surface area is 70.7 Å². The molecule has 12 heavy (non-hydrogen) atoms. The molecule has 3 N–H and O–H groups in total. The van der Waals surface area contributed by atoms with Crippen molar-refractivity contribution in [3.05, 3.63) is 0 Å². The second-order valence-corrected chi connectivity index (χ2v) is 3.79. The van der Waals surface area contributed by atoms with Gasteiger partial charge in [-0.1, -0.05) is 0 Å². The molecule has 0 aromatic rings. The Kier molecular flexibility index (Phi) is 1.47. The van der Waals surface area contributed by atoms with Crippen molar-refractivity contribution >= 4 is 5.97 Å². The molecule has 2 aliphatic rings. The summed E-state index contributed by atoms with van der Waals surface area (Å²) in [5.74, 6) is -0.824. The van der Waals surface area contributed by atoms with Gasteiger partial charge in [-0.3, -0.25) is 0 Å². The Hall–Kier alpha value is -0.610. The highest BCUT2D eigenvalue weighted by Gasteiger charge is 2.59. The zero-order valence-corrected chi connectivity index (χ0v) is 6.88. The van der Waals surface area contributed by atoms with Crippen LogP contribution in [0.2, 0.25) is 0 Å². The minimum absolute atomic E-state index is 0.307. The van der Waals surface area contributed by atoms with Gasteiger partial charge in [-0.05, 0) is 25.7 Å². The summed E-state index contributed by atoms with van der Waals surface area (Å²) in [6.45, 7) is 0.446. The minimum atomic E-state index is -0.890. The van der Waals surface area contributed by atoms with Crippen molar-refractivity contribution in [2.45, 2.75) is 36.9 Å². The number of fused-ring (bicyclic) bond motifs is 2. The van der Waals surface area contributed by atoms with E-state index in [1.54, 1.807) is 0 Å². The number of rotatable bonds is 2. The van der Waals surface area contributed by atoms with Gasteiger partial charge in [-0.2, -0.15) is 0 Å². The number of hydrogen-bond donors (Lipinski definition) is 2. The van der Waals surface area contributed by atoms with E-state index in [1.165, 1.54) is 0 Å². The van der Waals surface area contributed by atoms with E-state index in [2.05, 4.69) is 0 Å². The van der Waals surface area contributed by atoms with Crippen molar-refractivity contribution in [2.75, 3.05) is 6.54 Å². The molecule has 2 saturated heterocycles. The largest absolute Gasteiger partial charge is 0.479 e. The number of ether oxygens (including phenoxy) is 1. The average molecular weight is 171 g/mol. The van der Waals surface area contributed by atoms with E-state index in [1.807, 2.05) is 0 Å². The molecule has 0 radical (unpaired) electrons. The lowest BCUT2D eigenvalue weighted by molar-refractivity contribution is -0.161. The van der Waals surface area contributed by atoms with Crippen LogP contribution in [-0.4, -0.2) is 28.8 Å². The van der Waals surface area contributed by atoms with E-state index in [0.29, 0.717) is 19.4 Å². The fourth-order valence-electron chi connectivity index (χ4n) is 2.23. The van der Waals surface area contributed by atoms with Gasteiger partial charge in [0.15, 0.2) is 5.60 Å². The molecule has 4 heteroatoms. The third-order valence-electron chi connectivity index (χ3n) is 3.14. The molecule has 0 atom stereocenters. The molecule has 0 aliphatic carbocycles. The Morgan fingerprint density at radius 2 is 2.00 bits per heavy atom. The molecule has 0 amide bonds. The van der Waals surface area contributed by atoms with Crippen molar-refractivity contribution in [3.63, 3.8) is 0 Å². The van der Waals surface area contributed by atoms with Crippen LogP contribution in [0.25, 0.3) is 0 Å². The first kappa shape index (κ1) is 8.01. The molecule has 68 valence electrons. The number of carboxylic acids is 1. The zero-order chi connectivity index (χ0) is 8.82. The van der Waals surface area contributed by atoms with E-state index >= 15 is 0 Å². The van der Waals surface area contributed by atoms with Gasteiger partial charge in [-0.15, -0.1) is 0 Å². The van der Waals surface area contributed by atoms with Gasteiger partial charge < -0.3 is 15.6 Å². The molecule has 0 unspecified atom stereocenters. The van der Waals surface area contributed by atoms with E-state index in [4.69, 9.17) is 15.6 Å². The Morgan fingerprint density at radius 1 is 1.42 bits per heavy atom. The molecule has 2 bridgehead atoms. The molecule has 2 aliphatic heterocycles. The van der Waals surface area contributed by atoms with Gasteiger partial charge in [0.2, 0.25) is 0 Å². The van der Waals surface area contributed by atoms with Gasteiger partial charge in [0.1, 0.15) is 0 Å². The molecule has 0 saturated carbocycles. The van der Waals surface area contributed by atoms with Gasteiger partial charge in [0.05, 0.1) is 5.60 Å². The Bertz CT molecular complexity index is 218. The number of hydrogen-bond acceptors (Lipinski definition) is 3. The fourth-order valence-corrected chi connectivity index (χ4v) is 2.23. The standard InChI is InChI=1S/C8H13NO3/c9-5-7-1-3-8(12-7,4-2-7)6(10)11/h1-5,9H2,(H,10,11). The van der Waals surface area contributed by atoms with E-state index < -0.39 is 11.6 Å². The minimum Gasteiger partial charge on any atom is -0.479 e. The van der Waals surface area contributed by atoms with E-state index in [-0.39, 0.29) is 5.60 Å². The summed E-state index contributed by atoms with van der Waals surface area (Å²) >= 11 is 0. The maximum atomic E-state index is 10.9. The molecule has 0 aromatic carbocycles. The molecule has 2 heterocycles. The Morgan fingerprint density at radius 3 is 2.25 bits per heavy atom.